The van der Waals surface area contributed by atoms with E-state index in [0.717, 1.165) is 0 Å². The Kier molecular flexibility index (Phi) is 2.72. The first kappa shape index (κ1) is 9.51. The van der Waals surface area contributed by atoms with Gasteiger partial charge in [-0.1, -0.05) is 48.8 Å². The average molecular weight is 186 g/mol. The van der Waals surface area contributed by atoms with E-state index < -0.39 is 0 Å². The topological polar surface area (TPSA) is 0 Å². The zero-order valence-electron chi connectivity index (χ0n) is 9.14. The average Bonchev–Trinajstić information content (AvgIpc) is 2.17. The minimum absolute atomic E-state index is 1.24. The molecule has 0 unspecified atom stereocenters. The van der Waals surface area contributed by atoms with Crippen molar-refractivity contribution in [1.29, 1.82) is 0 Å². The van der Waals surface area contributed by atoms with Gasteiger partial charge in [-0.15, -0.1) is 0 Å². The molecule has 0 aromatic heterocycles. The number of allylic oxidation sites excluding steroid dienone is 1. The summed E-state index contributed by atoms with van der Waals surface area (Å²) < 4.78 is 0. The van der Waals surface area contributed by atoms with Gasteiger partial charge >= 0.3 is 0 Å². The third-order valence-corrected chi connectivity index (χ3v) is 2.95. The van der Waals surface area contributed by atoms with E-state index in [1.807, 2.05) is 0 Å². The predicted octanol–water partition coefficient (Wildman–Crippen LogP) is 4.12. The fourth-order valence-corrected chi connectivity index (χ4v) is 2.18. The molecule has 0 heteroatoms. The maximum Gasteiger partial charge on any atom is -0.0222 e. The second-order valence-electron chi connectivity index (χ2n) is 4.25. The van der Waals surface area contributed by atoms with E-state index in [-0.39, 0.29) is 0 Å². The van der Waals surface area contributed by atoms with Crippen LogP contribution in [0.4, 0.5) is 0 Å². The van der Waals surface area contributed by atoms with Crippen LogP contribution in [-0.4, -0.2) is 0 Å². The van der Waals surface area contributed by atoms with E-state index in [1.165, 1.54) is 42.4 Å². The molecule has 0 saturated carbocycles. The van der Waals surface area contributed by atoms with Crippen molar-refractivity contribution in [3.63, 3.8) is 0 Å². The molecule has 2 rings (SSSR count). The summed E-state index contributed by atoms with van der Waals surface area (Å²) in [7, 11) is 0. The number of benzene rings is 1. The largest absolute Gasteiger partial charge is 0.0693 e. The molecule has 0 atom stereocenters. The van der Waals surface area contributed by atoms with Crippen LogP contribution >= 0.6 is 0 Å². The molecule has 0 spiro atoms. The summed E-state index contributed by atoms with van der Waals surface area (Å²) in [5, 5.41) is 0. The highest BCUT2D eigenvalue weighted by molar-refractivity contribution is 5.60. The second-order valence-corrected chi connectivity index (χ2v) is 4.25. The van der Waals surface area contributed by atoms with Crippen LogP contribution in [0.15, 0.2) is 23.8 Å². The van der Waals surface area contributed by atoms with Crippen LogP contribution in [0.5, 0.6) is 0 Å². The Hall–Kier alpha value is -1.04. The van der Waals surface area contributed by atoms with E-state index in [4.69, 9.17) is 0 Å². The zero-order chi connectivity index (χ0) is 9.97. The standard InChI is InChI=1S/C14H18/c1-3-4-12-6-8-13-7-5-11(2)9-14(13)10-12/h5,7,9-10H,3-4,6,8H2,1-2H3. The third-order valence-electron chi connectivity index (χ3n) is 2.95. The van der Waals surface area contributed by atoms with Crippen LogP contribution in [0, 0.1) is 6.92 Å². The normalized spacial score (nSPS) is 14.9. The molecule has 1 aliphatic rings. The van der Waals surface area contributed by atoms with Gasteiger partial charge in [-0.3, -0.25) is 0 Å². The van der Waals surface area contributed by atoms with Crippen molar-refractivity contribution in [3.05, 3.63) is 40.5 Å². The minimum atomic E-state index is 1.24. The van der Waals surface area contributed by atoms with E-state index in [2.05, 4.69) is 38.1 Å². The number of aryl methyl sites for hydroxylation is 2. The third kappa shape index (κ3) is 1.89. The Morgan fingerprint density at radius 3 is 2.86 bits per heavy atom. The smallest absolute Gasteiger partial charge is 0.0222 e. The molecule has 1 aliphatic carbocycles. The van der Waals surface area contributed by atoms with E-state index in [0.29, 0.717) is 0 Å². The number of fused-ring (bicyclic) bond motifs is 1. The Morgan fingerprint density at radius 2 is 2.07 bits per heavy atom. The second kappa shape index (κ2) is 4.00. The molecule has 0 bridgehead atoms. The monoisotopic (exact) mass is 186 g/mol. The molecule has 0 saturated heterocycles. The summed E-state index contributed by atoms with van der Waals surface area (Å²) >= 11 is 0. The molecule has 14 heavy (non-hydrogen) atoms. The molecule has 0 radical (unpaired) electrons. The van der Waals surface area contributed by atoms with Crippen molar-refractivity contribution >= 4 is 6.08 Å². The van der Waals surface area contributed by atoms with Crippen LogP contribution in [0.2, 0.25) is 0 Å². The predicted molar refractivity (Wildman–Crippen MR) is 62.4 cm³/mol. The van der Waals surface area contributed by atoms with Crippen LogP contribution in [-0.2, 0) is 6.42 Å². The highest BCUT2D eigenvalue weighted by atomic mass is 14.1. The Bertz CT molecular complexity index is 358. The molecular weight excluding hydrogens is 168 g/mol. The fourth-order valence-electron chi connectivity index (χ4n) is 2.18. The molecule has 74 valence electrons. The quantitative estimate of drug-likeness (QED) is 0.651. The van der Waals surface area contributed by atoms with E-state index >= 15 is 0 Å². The van der Waals surface area contributed by atoms with E-state index in [9.17, 15) is 0 Å². The summed E-state index contributed by atoms with van der Waals surface area (Å²) in [6.45, 7) is 4.43. The van der Waals surface area contributed by atoms with Crippen molar-refractivity contribution in [2.75, 3.05) is 0 Å². The zero-order valence-corrected chi connectivity index (χ0v) is 9.14. The van der Waals surface area contributed by atoms with Crippen molar-refractivity contribution in [2.45, 2.75) is 39.5 Å². The van der Waals surface area contributed by atoms with Crippen molar-refractivity contribution in [3.8, 4) is 0 Å². The van der Waals surface area contributed by atoms with Crippen LogP contribution < -0.4 is 0 Å². The molecule has 0 N–H and O–H groups in total. The molecule has 1 aromatic carbocycles. The summed E-state index contributed by atoms with van der Waals surface area (Å²) in [5.74, 6) is 0. The first-order valence-electron chi connectivity index (χ1n) is 5.58. The lowest BCUT2D eigenvalue weighted by atomic mass is 9.89. The van der Waals surface area contributed by atoms with Gasteiger partial charge < -0.3 is 0 Å². The van der Waals surface area contributed by atoms with Gasteiger partial charge in [-0.25, -0.2) is 0 Å². The van der Waals surface area contributed by atoms with Gasteiger partial charge in [0.05, 0.1) is 0 Å². The number of hydrogen-bond donors (Lipinski definition) is 0. The Morgan fingerprint density at radius 1 is 1.21 bits per heavy atom. The first-order valence-corrected chi connectivity index (χ1v) is 5.58. The highest BCUT2D eigenvalue weighted by Crippen LogP contribution is 2.26. The molecule has 0 aliphatic heterocycles. The van der Waals surface area contributed by atoms with Gasteiger partial charge in [0.15, 0.2) is 0 Å². The van der Waals surface area contributed by atoms with Gasteiger partial charge in [0.25, 0.3) is 0 Å². The summed E-state index contributed by atoms with van der Waals surface area (Å²) in [6, 6.07) is 6.81. The molecule has 0 heterocycles. The van der Waals surface area contributed by atoms with Gasteiger partial charge in [0, 0.05) is 0 Å². The number of hydrogen-bond acceptors (Lipinski definition) is 0. The van der Waals surface area contributed by atoms with Gasteiger partial charge in [-0.2, -0.15) is 0 Å². The van der Waals surface area contributed by atoms with Crippen LogP contribution in [0.1, 0.15) is 42.9 Å². The maximum atomic E-state index is 2.40. The van der Waals surface area contributed by atoms with Gasteiger partial charge in [-0.05, 0) is 37.3 Å². The van der Waals surface area contributed by atoms with E-state index in [1.54, 1.807) is 5.57 Å². The summed E-state index contributed by atoms with van der Waals surface area (Å²) in [5.41, 5.74) is 5.98. The Labute approximate surface area is 86.7 Å². The van der Waals surface area contributed by atoms with Crippen LogP contribution in [0.3, 0.4) is 0 Å². The van der Waals surface area contributed by atoms with Gasteiger partial charge in [0.1, 0.15) is 0 Å². The molecule has 0 fully saturated rings. The fraction of sp³-hybridized carbons (Fsp3) is 0.429. The molecule has 1 aromatic rings. The lowest BCUT2D eigenvalue weighted by Crippen LogP contribution is -1.99. The highest BCUT2D eigenvalue weighted by Gasteiger charge is 2.09. The minimum Gasteiger partial charge on any atom is -0.0693 e. The van der Waals surface area contributed by atoms with Crippen LogP contribution in [0.25, 0.3) is 6.08 Å². The maximum absolute atomic E-state index is 2.40. The molecule has 0 amide bonds. The first-order chi connectivity index (χ1) is 6.79. The summed E-state index contributed by atoms with van der Waals surface area (Å²) in [6.07, 6.45) is 7.45. The van der Waals surface area contributed by atoms with Crippen molar-refractivity contribution in [1.82, 2.24) is 0 Å². The molecular formula is C14H18. The lowest BCUT2D eigenvalue weighted by Gasteiger charge is -2.16. The van der Waals surface area contributed by atoms with Crippen molar-refractivity contribution < 1.29 is 0 Å². The van der Waals surface area contributed by atoms with Gasteiger partial charge in [0.2, 0.25) is 0 Å². The van der Waals surface area contributed by atoms with Crippen molar-refractivity contribution in [2.24, 2.45) is 0 Å². The number of rotatable bonds is 2. The lowest BCUT2D eigenvalue weighted by molar-refractivity contribution is 0.814. The Balaban J connectivity index is 2.32. The SMILES string of the molecule is CCCC1=Cc2cc(C)ccc2CC1. The summed E-state index contributed by atoms with van der Waals surface area (Å²) in [4.78, 5) is 0. The molecule has 0 nitrogen and oxygen atoms in total.